The molecule has 1 aliphatic heterocycles. The third kappa shape index (κ3) is 2.95. The zero-order valence-electron chi connectivity index (χ0n) is 7.96. The summed E-state index contributed by atoms with van der Waals surface area (Å²) in [5.41, 5.74) is 0.856. The van der Waals surface area contributed by atoms with E-state index in [1.54, 1.807) is 23.5 Å². The minimum atomic E-state index is -0.137. The van der Waals surface area contributed by atoms with Crippen molar-refractivity contribution in [1.29, 1.82) is 0 Å². The summed E-state index contributed by atoms with van der Waals surface area (Å²) in [6.07, 6.45) is 0.772. The smallest absolute Gasteiger partial charge is 0.335 e. The molecule has 0 N–H and O–H groups in total. The Morgan fingerprint density at radius 3 is 2.46 bits per heavy atom. The van der Waals surface area contributed by atoms with Crippen LogP contribution in [0.4, 0.5) is 0 Å². The standard InChI is InChI=1S/C9H14O2S2/c1-3-7(8(10)11-4-2)9-12-5-6-13-9/h3-6H2,1-2H3. The molecule has 0 aromatic heterocycles. The van der Waals surface area contributed by atoms with Gasteiger partial charge in [-0.2, -0.15) is 0 Å². The second-order valence-electron chi connectivity index (χ2n) is 2.54. The van der Waals surface area contributed by atoms with Crippen LogP contribution in [0.2, 0.25) is 0 Å². The molecule has 4 heteroatoms. The van der Waals surface area contributed by atoms with E-state index < -0.39 is 0 Å². The monoisotopic (exact) mass is 218 g/mol. The average molecular weight is 218 g/mol. The number of thioether (sulfide) groups is 2. The molecule has 1 aliphatic rings. The highest BCUT2D eigenvalue weighted by atomic mass is 32.2. The molecule has 1 fully saturated rings. The summed E-state index contributed by atoms with van der Waals surface area (Å²) >= 11 is 3.54. The topological polar surface area (TPSA) is 26.3 Å². The lowest BCUT2D eigenvalue weighted by atomic mass is 10.2. The normalized spacial score (nSPS) is 16.0. The maximum atomic E-state index is 11.5. The molecule has 0 atom stereocenters. The van der Waals surface area contributed by atoms with Gasteiger partial charge in [-0.25, -0.2) is 4.79 Å². The second kappa shape index (κ2) is 5.60. The van der Waals surface area contributed by atoms with Crippen molar-refractivity contribution in [3.8, 4) is 0 Å². The molecule has 0 aromatic rings. The Hall–Kier alpha value is -0.0900. The van der Waals surface area contributed by atoms with Crippen LogP contribution in [-0.4, -0.2) is 24.1 Å². The van der Waals surface area contributed by atoms with Crippen molar-refractivity contribution in [3.05, 3.63) is 9.81 Å². The Bertz CT molecular complexity index is 216. The number of carbonyl (C=O) groups excluding carboxylic acids is 1. The van der Waals surface area contributed by atoms with Crippen LogP contribution in [0.5, 0.6) is 0 Å². The largest absolute Gasteiger partial charge is 0.463 e. The average Bonchev–Trinajstić information content (AvgIpc) is 2.59. The number of rotatable bonds is 3. The highest BCUT2D eigenvalue weighted by Crippen LogP contribution is 2.39. The van der Waals surface area contributed by atoms with E-state index in [1.807, 2.05) is 13.8 Å². The van der Waals surface area contributed by atoms with Crippen LogP contribution in [-0.2, 0) is 9.53 Å². The minimum absolute atomic E-state index is 0.137. The van der Waals surface area contributed by atoms with Crippen molar-refractivity contribution in [3.63, 3.8) is 0 Å². The van der Waals surface area contributed by atoms with Crippen LogP contribution >= 0.6 is 23.5 Å². The molecule has 0 unspecified atom stereocenters. The van der Waals surface area contributed by atoms with E-state index in [4.69, 9.17) is 4.74 Å². The van der Waals surface area contributed by atoms with Gasteiger partial charge in [-0.05, 0) is 13.3 Å². The lowest BCUT2D eigenvalue weighted by Gasteiger charge is -2.06. The molecule has 0 bridgehead atoms. The van der Waals surface area contributed by atoms with E-state index in [0.29, 0.717) is 6.61 Å². The van der Waals surface area contributed by atoms with Gasteiger partial charge in [0.15, 0.2) is 0 Å². The van der Waals surface area contributed by atoms with Crippen molar-refractivity contribution in [2.45, 2.75) is 20.3 Å². The first-order valence-corrected chi connectivity index (χ1v) is 6.42. The molecule has 1 heterocycles. The lowest BCUT2D eigenvalue weighted by Crippen LogP contribution is -2.07. The van der Waals surface area contributed by atoms with Gasteiger partial charge in [0, 0.05) is 11.5 Å². The van der Waals surface area contributed by atoms with Crippen molar-refractivity contribution in [2.24, 2.45) is 0 Å². The van der Waals surface area contributed by atoms with E-state index in [0.717, 1.165) is 23.5 Å². The Morgan fingerprint density at radius 1 is 1.38 bits per heavy atom. The van der Waals surface area contributed by atoms with Crippen molar-refractivity contribution < 1.29 is 9.53 Å². The van der Waals surface area contributed by atoms with Gasteiger partial charge in [-0.3, -0.25) is 0 Å². The van der Waals surface area contributed by atoms with Crippen LogP contribution in [0.3, 0.4) is 0 Å². The molecule has 0 aliphatic carbocycles. The molecule has 0 amide bonds. The predicted octanol–water partition coefficient (Wildman–Crippen LogP) is 2.65. The van der Waals surface area contributed by atoms with Crippen molar-refractivity contribution in [1.82, 2.24) is 0 Å². The van der Waals surface area contributed by atoms with Crippen LogP contribution in [0.15, 0.2) is 9.81 Å². The molecular weight excluding hydrogens is 204 g/mol. The number of hydrogen-bond donors (Lipinski definition) is 0. The molecule has 74 valence electrons. The van der Waals surface area contributed by atoms with Crippen LogP contribution in [0.1, 0.15) is 20.3 Å². The summed E-state index contributed by atoms with van der Waals surface area (Å²) in [6.45, 7) is 4.30. The maximum Gasteiger partial charge on any atom is 0.335 e. The van der Waals surface area contributed by atoms with Gasteiger partial charge in [-0.15, -0.1) is 23.5 Å². The fourth-order valence-corrected chi connectivity index (χ4v) is 3.75. The van der Waals surface area contributed by atoms with Crippen molar-refractivity contribution >= 4 is 29.5 Å². The van der Waals surface area contributed by atoms with Gasteiger partial charge in [0.1, 0.15) is 0 Å². The zero-order valence-corrected chi connectivity index (χ0v) is 9.59. The van der Waals surface area contributed by atoms with Gasteiger partial charge in [0.25, 0.3) is 0 Å². The summed E-state index contributed by atoms with van der Waals surface area (Å²) in [5, 5.41) is 0. The fraction of sp³-hybridized carbons (Fsp3) is 0.667. The lowest BCUT2D eigenvalue weighted by molar-refractivity contribution is -0.138. The van der Waals surface area contributed by atoms with E-state index in [1.165, 1.54) is 4.24 Å². The Labute approximate surface area is 87.5 Å². The molecule has 2 nitrogen and oxygen atoms in total. The number of esters is 1. The van der Waals surface area contributed by atoms with Crippen LogP contribution in [0, 0.1) is 0 Å². The molecule has 0 spiro atoms. The molecular formula is C9H14O2S2. The van der Waals surface area contributed by atoms with Crippen molar-refractivity contribution in [2.75, 3.05) is 18.1 Å². The van der Waals surface area contributed by atoms with Gasteiger partial charge in [0.2, 0.25) is 0 Å². The van der Waals surface area contributed by atoms with Gasteiger partial charge < -0.3 is 4.74 Å². The Balaban J connectivity index is 2.70. The molecule has 1 rings (SSSR count). The van der Waals surface area contributed by atoms with E-state index in [2.05, 4.69) is 0 Å². The fourth-order valence-electron chi connectivity index (χ4n) is 1.07. The van der Waals surface area contributed by atoms with E-state index in [-0.39, 0.29) is 5.97 Å². The quantitative estimate of drug-likeness (QED) is 0.537. The minimum Gasteiger partial charge on any atom is -0.463 e. The Kier molecular flexibility index (Phi) is 4.73. The summed E-state index contributed by atoms with van der Waals surface area (Å²) in [5.74, 6) is 2.09. The number of carbonyl (C=O) groups is 1. The highest BCUT2D eigenvalue weighted by Gasteiger charge is 2.19. The number of ether oxygens (including phenoxy) is 1. The first-order chi connectivity index (χ1) is 6.29. The van der Waals surface area contributed by atoms with Gasteiger partial charge >= 0.3 is 5.97 Å². The highest BCUT2D eigenvalue weighted by molar-refractivity contribution is 8.25. The predicted molar refractivity (Wildman–Crippen MR) is 58.9 cm³/mol. The SMILES string of the molecule is CCOC(=O)C(CC)=C1SCCS1. The summed E-state index contributed by atoms with van der Waals surface area (Å²) in [6, 6.07) is 0. The Morgan fingerprint density at radius 2 is 2.00 bits per heavy atom. The maximum absolute atomic E-state index is 11.5. The molecule has 0 radical (unpaired) electrons. The van der Waals surface area contributed by atoms with Gasteiger partial charge in [-0.1, -0.05) is 6.92 Å². The van der Waals surface area contributed by atoms with E-state index >= 15 is 0 Å². The summed E-state index contributed by atoms with van der Waals surface area (Å²) < 4.78 is 6.15. The molecule has 0 aromatic carbocycles. The van der Waals surface area contributed by atoms with E-state index in [9.17, 15) is 4.79 Å². The molecule has 1 saturated heterocycles. The second-order valence-corrected chi connectivity index (χ2v) is 5.01. The first-order valence-electron chi connectivity index (χ1n) is 4.45. The van der Waals surface area contributed by atoms with Crippen LogP contribution < -0.4 is 0 Å². The first kappa shape index (κ1) is 11.0. The molecule has 0 saturated carbocycles. The molecule has 13 heavy (non-hydrogen) atoms. The third-order valence-corrected chi connectivity index (χ3v) is 4.47. The summed E-state index contributed by atoms with van der Waals surface area (Å²) in [7, 11) is 0. The zero-order chi connectivity index (χ0) is 9.68. The van der Waals surface area contributed by atoms with Gasteiger partial charge in [0.05, 0.1) is 16.4 Å². The third-order valence-electron chi connectivity index (χ3n) is 1.67. The van der Waals surface area contributed by atoms with Crippen LogP contribution in [0.25, 0.3) is 0 Å². The summed E-state index contributed by atoms with van der Waals surface area (Å²) in [4.78, 5) is 11.5. The number of hydrogen-bond acceptors (Lipinski definition) is 4.